The van der Waals surface area contributed by atoms with Gasteiger partial charge in [0.2, 0.25) is 5.91 Å². The van der Waals surface area contributed by atoms with Crippen LogP contribution in [0.2, 0.25) is 0 Å². The molecule has 0 aliphatic carbocycles. The lowest BCUT2D eigenvalue weighted by atomic mass is 10.2. The fourth-order valence-corrected chi connectivity index (χ4v) is 3.70. The lowest BCUT2D eigenvalue weighted by Gasteiger charge is -2.10. The number of primary amides is 1. The molecule has 3 aromatic heterocycles. The lowest BCUT2D eigenvalue weighted by Crippen LogP contribution is -2.15. The van der Waals surface area contributed by atoms with Crippen LogP contribution in [0.5, 0.6) is 5.75 Å². The van der Waals surface area contributed by atoms with E-state index in [-0.39, 0.29) is 18.9 Å². The predicted octanol–water partition coefficient (Wildman–Crippen LogP) is 2.96. The molecule has 8 nitrogen and oxygen atoms in total. The molecule has 0 saturated carbocycles. The summed E-state index contributed by atoms with van der Waals surface area (Å²) >= 11 is 1.23. The number of benzene rings is 1. The van der Waals surface area contributed by atoms with Gasteiger partial charge in [-0.2, -0.15) is 0 Å². The first-order valence-corrected chi connectivity index (χ1v) is 10.1. The third kappa shape index (κ3) is 4.31. The van der Waals surface area contributed by atoms with E-state index in [1.54, 1.807) is 29.6 Å². The number of para-hydroxylation sites is 1. The molecule has 3 N–H and O–H groups in total. The van der Waals surface area contributed by atoms with E-state index in [2.05, 4.69) is 15.3 Å². The van der Waals surface area contributed by atoms with Crippen LogP contribution in [-0.4, -0.2) is 26.2 Å². The van der Waals surface area contributed by atoms with Crippen LogP contribution < -0.4 is 15.8 Å². The summed E-state index contributed by atoms with van der Waals surface area (Å²) in [6.07, 6.45) is 3.87. The Balaban J connectivity index is 1.47. The van der Waals surface area contributed by atoms with Gasteiger partial charge in [0.1, 0.15) is 18.0 Å². The molecule has 0 aliphatic heterocycles. The number of carbonyl (C=O) groups is 2. The number of fused-ring (bicyclic) bond motifs is 1. The van der Waals surface area contributed by atoms with Crippen LogP contribution in [-0.2, 0) is 17.8 Å². The fraction of sp³-hybridized carbons (Fsp3) is 0.143. The van der Waals surface area contributed by atoms with Crippen LogP contribution in [0, 0.1) is 6.92 Å². The van der Waals surface area contributed by atoms with Gasteiger partial charge in [-0.3, -0.25) is 14.9 Å². The minimum atomic E-state index is -0.473. The summed E-state index contributed by atoms with van der Waals surface area (Å²) in [5, 5.41) is 4.82. The number of aryl methyl sites for hydroxylation is 1. The number of imidazole rings is 1. The number of aromatic nitrogens is 3. The fourth-order valence-electron chi connectivity index (χ4n) is 2.99. The van der Waals surface area contributed by atoms with E-state index in [0.717, 1.165) is 16.9 Å². The molecule has 2 amide bonds. The summed E-state index contributed by atoms with van der Waals surface area (Å²) < 4.78 is 7.84. The van der Waals surface area contributed by atoms with Gasteiger partial charge in [-0.05, 0) is 30.7 Å². The van der Waals surface area contributed by atoms with Gasteiger partial charge in [-0.1, -0.05) is 18.2 Å². The Morgan fingerprint density at radius 3 is 2.80 bits per heavy atom. The topological polar surface area (TPSA) is 112 Å². The molecule has 0 unspecified atom stereocenters. The highest BCUT2D eigenvalue weighted by molar-refractivity contribution is 7.14. The van der Waals surface area contributed by atoms with Crippen LogP contribution in [0.1, 0.15) is 27.3 Å². The van der Waals surface area contributed by atoms with E-state index in [0.29, 0.717) is 22.1 Å². The number of ether oxygens (including phenoxy) is 1. The highest BCUT2D eigenvalue weighted by Gasteiger charge is 2.15. The number of anilines is 1. The van der Waals surface area contributed by atoms with Crippen LogP contribution in [0.4, 0.5) is 5.13 Å². The van der Waals surface area contributed by atoms with Gasteiger partial charge in [0.15, 0.2) is 5.13 Å². The van der Waals surface area contributed by atoms with Crippen molar-refractivity contribution in [1.82, 2.24) is 14.4 Å². The van der Waals surface area contributed by atoms with E-state index in [1.165, 1.54) is 11.3 Å². The number of thiazole rings is 1. The van der Waals surface area contributed by atoms with Crippen LogP contribution in [0.25, 0.3) is 5.65 Å². The monoisotopic (exact) mass is 421 g/mol. The highest BCUT2D eigenvalue weighted by atomic mass is 32.1. The summed E-state index contributed by atoms with van der Waals surface area (Å²) in [6, 6.07) is 10.9. The molecule has 30 heavy (non-hydrogen) atoms. The Kier molecular flexibility index (Phi) is 5.44. The van der Waals surface area contributed by atoms with Crippen molar-refractivity contribution in [2.24, 2.45) is 5.73 Å². The molecule has 0 aliphatic rings. The van der Waals surface area contributed by atoms with Gasteiger partial charge < -0.3 is 14.9 Å². The van der Waals surface area contributed by atoms with Gasteiger partial charge in [0.25, 0.3) is 5.91 Å². The number of hydrogen-bond donors (Lipinski definition) is 2. The van der Waals surface area contributed by atoms with Gasteiger partial charge in [-0.25, -0.2) is 9.97 Å². The third-order valence-electron chi connectivity index (χ3n) is 4.36. The zero-order valence-corrected chi connectivity index (χ0v) is 17.0. The second-order valence-corrected chi connectivity index (χ2v) is 7.54. The van der Waals surface area contributed by atoms with Crippen LogP contribution in [0.3, 0.4) is 0 Å². The first-order valence-electron chi connectivity index (χ1n) is 9.18. The second-order valence-electron chi connectivity index (χ2n) is 6.68. The molecule has 0 radical (unpaired) electrons. The van der Waals surface area contributed by atoms with E-state index < -0.39 is 5.91 Å². The van der Waals surface area contributed by atoms with Crippen LogP contribution >= 0.6 is 11.3 Å². The van der Waals surface area contributed by atoms with Crippen molar-refractivity contribution >= 4 is 33.9 Å². The molecule has 0 fully saturated rings. The smallest absolute Gasteiger partial charge is 0.261 e. The van der Waals surface area contributed by atoms with Crippen molar-refractivity contribution in [2.45, 2.75) is 20.0 Å². The Hall–Kier alpha value is -3.72. The molecule has 0 saturated heterocycles. The molecule has 4 aromatic rings. The van der Waals surface area contributed by atoms with Gasteiger partial charge in [0, 0.05) is 17.8 Å². The minimum absolute atomic E-state index is 0.0323. The van der Waals surface area contributed by atoms with E-state index in [9.17, 15) is 9.59 Å². The van der Waals surface area contributed by atoms with Crippen molar-refractivity contribution in [3.63, 3.8) is 0 Å². The number of nitrogens with two attached hydrogens (primary N) is 1. The first-order chi connectivity index (χ1) is 14.5. The number of hydrogen-bond acceptors (Lipinski definition) is 6. The third-order valence-corrected chi connectivity index (χ3v) is 5.17. The number of carbonyl (C=O) groups excluding carboxylic acids is 2. The number of amides is 2. The maximum atomic E-state index is 12.7. The Bertz CT molecular complexity index is 1230. The summed E-state index contributed by atoms with van der Waals surface area (Å²) in [5.74, 6) is -0.381. The Morgan fingerprint density at radius 1 is 1.17 bits per heavy atom. The maximum Gasteiger partial charge on any atom is 0.261 e. The highest BCUT2D eigenvalue weighted by Crippen LogP contribution is 2.23. The molecule has 1 aromatic carbocycles. The molecular formula is C21H19N5O3S. The van der Waals surface area contributed by atoms with E-state index in [4.69, 9.17) is 10.5 Å². The SMILES string of the molecule is Cc1cccn2cc(COc3ccccc3C(=O)Nc3nc(CC(N)=O)cs3)nc12. The molecular weight excluding hydrogens is 402 g/mol. The molecule has 0 bridgehead atoms. The number of nitrogens with zero attached hydrogens (tertiary/aromatic N) is 3. The zero-order valence-electron chi connectivity index (χ0n) is 16.2. The van der Waals surface area contributed by atoms with Crippen molar-refractivity contribution in [3.8, 4) is 5.75 Å². The lowest BCUT2D eigenvalue weighted by molar-refractivity contribution is -0.117. The predicted molar refractivity (Wildman–Crippen MR) is 114 cm³/mol. The van der Waals surface area contributed by atoms with Crippen molar-refractivity contribution in [1.29, 1.82) is 0 Å². The molecule has 9 heteroatoms. The van der Waals surface area contributed by atoms with Gasteiger partial charge >= 0.3 is 0 Å². The normalized spacial score (nSPS) is 10.8. The minimum Gasteiger partial charge on any atom is -0.486 e. The quantitative estimate of drug-likeness (QED) is 0.476. The maximum absolute atomic E-state index is 12.7. The van der Waals surface area contributed by atoms with Gasteiger partial charge in [0.05, 0.1) is 23.4 Å². The zero-order chi connectivity index (χ0) is 21.1. The van der Waals surface area contributed by atoms with E-state index >= 15 is 0 Å². The molecule has 0 atom stereocenters. The number of rotatable bonds is 7. The number of pyridine rings is 1. The summed E-state index contributed by atoms with van der Waals surface area (Å²) in [7, 11) is 0. The van der Waals surface area contributed by atoms with Crippen molar-refractivity contribution in [3.05, 3.63) is 76.7 Å². The Labute approximate surface area is 176 Å². The van der Waals surface area contributed by atoms with Crippen molar-refractivity contribution in [2.75, 3.05) is 5.32 Å². The summed E-state index contributed by atoms with van der Waals surface area (Å²) in [4.78, 5) is 32.5. The molecule has 3 heterocycles. The standard InChI is InChI=1S/C21H19N5O3S/c1-13-5-4-8-26-10-15(23-19(13)26)11-29-17-7-3-2-6-16(17)20(28)25-21-24-14(12-30-21)9-18(22)27/h2-8,10,12H,9,11H2,1H3,(H2,22,27)(H,24,25,28). The average molecular weight is 421 g/mol. The molecule has 4 rings (SSSR count). The molecule has 0 spiro atoms. The van der Waals surface area contributed by atoms with E-state index in [1.807, 2.05) is 35.9 Å². The largest absolute Gasteiger partial charge is 0.486 e. The van der Waals surface area contributed by atoms with Crippen LogP contribution in [0.15, 0.2) is 54.2 Å². The summed E-state index contributed by atoms with van der Waals surface area (Å²) in [5.41, 5.74) is 8.78. The number of nitrogens with one attached hydrogen (secondary N) is 1. The van der Waals surface area contributed by atoms with Crippen molar-refractivity contribution < 1.29 is 14.3 Å². The summed E-state index contributed by atoms with van der Waals surface area (Å²) in [6.45, 7) is 2.23. The first kappa shape index (κ1) is 19.6. The second kappa shape index (κ2) is 8.34. The molecule has 152 valence electrons. The average Bonchev–Trinajstić information content (AvgIpc) is 3.33. The Morgan fingerprint density at radius 2 is 2.00 bits per heavy atom. The van der Waals surface area contributed by atoms with Gasteiger partial charge in [-0.15, -0.1) is 11.3 Å².